The topological polar surface area (TPSA) is 3.24 Å². The molecule has 342 valence electrons. The van der Waals surface area contributed by atoms with Crippen molar-refractivity contribution >= 4 is 84.5 Å². The lowest BCUT2D eigenvalue weighted by molar-refractivity contribution is 0.998. The molecule has 0 bridgehead atoms. The predicted octanol–water partition coefficient (Wildman–Crippen LogP) is 19.6. The Morgan fingerprint density at radius 2 is 0.569 bits per heavy atom. The molecule has 12 aromatic rings. The number of rotatable bonds is 11. The number of nitrogens with zero attached hydrogens (tertiary/aromatic N) is 1. The second kappa shape index (κ2) is 19.4. The summed E-state index contributed by atoms with van der Waals surface area (Å²) in [6.45, 7) is 4.33. The minimum atomic E-state index is -0.0271. The van der Waals surface area contributed by atoms with Crippen molar-refractivity contribution in [3.05, 3.63) is 305 Å². The van der Waals surface area contributed by atoms with Crippen molar-refractivity contribution in [2.75, 3.05) is 4.90 Å². The Bertz CT molecular complexity index is 3560. The summed E-state index contributed by atoms with van der Waals surface area (Å²) in [5.41, 5.74) is 16.9. The third kappa shape index (κ3) is 8.46. The van der Waals surface area contributed by atoms with Crippen molar-refractivity contribution in [3.63, 3.8) is 0 Å². The molecule has 0 amide bonds. The van der Waals surface area contributed by atoms with Gasteiger partial charge < -0.3 is 4.90 Å². The van der Waals surface area contributed by atoms with Crippen LogP contribution < -0.4 is 4.90 Å². The lowest BCUT2D eigenvalue weighted by Gasteiger charge is -2.30. The second-order valence-corrected chi connectivity index (χ2v) is 19.0. The van der Waals surface area contributed by atoms with Crippen molar-refractivity contribution in [2.45, 2.75) is 19.8 Å². The SMILES string of the molecule is Cc1ccc(C(c2ccc(/C=C/c3ccccc3)cc2)c2c3ccccc3c(-c3c4ccccc4c(N(c4ccc(C)cc4)c4ccc(/C=C/c5ccccc5)cc4)c4ccccc34)c3ccccc23)cc1. The molecule has 0 heterocycles. The van der Waals surface area contributed by atoms with Gasteiger partial charge in [0.25, 0.3) is 0 Å². The van der Waals surface area contributed by atoms with Gasteiger partial charge >= 0.3 is 0 Å². The monoisotopic (exact) mass is 919 g/mol. The fraction of sp³-hybridized carbons (Fsp3) is 0.0423. The van der Waals surface area contributed by atoms with E-state index in [-0.39, 0.29) is 5.92 Å². The van der Waals surface area contributed by atoms with Gasteiger partial charge in [-0.25, -0.2) is 0 Å². The summed E-state index contributed by atoms with van der Waals surface area (Å²) in [6, 6.07) is 93.8. The van der Waals surface area contributed by atoms with E-state index in [4.69, 9.17) is 0 Å². The van der Waals surface area contributed by atoms with E-state index in [2.05, 4.69) is 298 Å². The number of anilines is 3. The number of fused-ring (bicyclic) bond motifs is 4. The van der Waals surface area contributed by atoms with Crippen molar-refractivity contribution in [2.24, 2.45) is 0 Å². The van der Waals surface area contributed by atoms with Crippen LogP contribution in [0.15, 0.2) is 255 Å². The van der Waals surface area contributed by atoms with Crippen LogP contribution in [0.5, 0.6) is 0 Å². The molecule has 0 aliphatic carbocycles. The van der Waals surface area contributed by atoms with E-state index >= 15 is 0 Å². The molecule has 0 aromatic heterocycles. The van der Waals surface area contributed by atoms with Crippen LogP contribution in [-0.2, 0) is 0 Å². The quantitative estimate of drug-likeness (QED) is 0.0710. The molecule has 1 heteroatoms. The standard InChI is InChI=1S/C71H53N/c1-49-29-41-55(42-30-49)67(56-43-37-53(38-44-56)35-33-51-17-5-3-6-18-51)68-59-21-9-11-23-61(59)69(62-24-12-10-22-60(62)68)70-63-25-13-15-27-65(63)71(66-28-16-14-26-64(66)70)72(57-45-31-50(2)32-46-57)58-47-39-54(40-48-58)36-34-52-19-7-4-8-20-52/h3-48,67H,1-2H3/b35-33+,36-34+. The Morgan fingerprint density at radius 3 is 0.986 bits per heavy atom. The van der Waals surface area contributed by atoms with Crippen molar-refractivity contribution in [1.82, 2.24) is 0 Å². The Balaban J connectivity index is 1.08. The van der Waals surface area contributed by atoms with Gasteiger partial charge in [-0.05, 0) is 121 Å². The first-order valence-corrected chi connectivity index (χ1v) is 25.0. The van der Waals surface area contributed by atoms with Crippen LogP contribution >= 0.6 is 0 Å². The van der Waals surface area contributed by atoms with Gasteiger partial charge in [0.05, 0.1) is 5.69 Å². The Labute approximate surface area is 422 Å². The molecular weight excluding hydrogens is 867 g/mol. The van der Waals surface area contributed by atoms with Crippen LogP contribution in [0.2, 0.25) is 0 Å². The molecule has 1 atom stereocenters. The Kier molecular flexibility index (Phi) is 11.9. The maximum atomic E-state index is 2.47. The van der Waals surface area contributed by atoms with E-state index in [0.29, 0.717) is 0 Å². The lowest BCUT2D eigenvalue weighted by atomic mass is 9.77. The van der Waals surface area contributed by atoms with Gasteiger partial charge in [0.15, 0.2) is 0 Å². The fourth-order valence-electron chi connectivity index (χ4n) is 10.8. The smallest absolute Gasteiger partial charge is 0.0618 e. The maximum absolute atomic E-state index is 2.47. The highest BCUT2D eigenvalue weighted by atomic mass is 15.1. The normalized spacial score (nSPS) is 12.1. The molecule has 0 spiro atoms. The third-order valence-corrected chi connectivity index (χ3v) is 14.3. The zero-order valence-electron chi connectivity index (χ0n) is 40.6. The summed E-state index contributed by atoms with van der Waals surface area (Å²) in [7, 11) is 0. The van der Waals surface area contributed by atoms with Crippen LogP contribution in [0, 0.1) is 13.8 Å². The molecule has 0 radical (unpaired) electrons. The predicted molar refractivity (Wildman–Crippen MR) is 311 cm³/mol. The Morgan fingerprint density at radius 1 is 0.278 bits per heavy atom. The molecule has 0 aliphatic rings. The lowest BCUT2D eigenvalue weighted by Crippen LogP contribution is -2.11. The summed E-state index contributed by atoms with van der Waals surface area (Å²) in [6.07, 6.45) is 8.77. The number of hydrogen-bond acceptors (Lipinski definition) is 1. The minimum Gasteiger partial charge on any atom is -0.309 e. The molecule has 72 heavy (non-hydrogen) atoms. The second-order valence-electron chi connectivity index (χ2n) is 19.0. The van der Waals surface area contributed by atoms with Gasteiger partial charge in [0, 0.05) is 28.1 Å². The van der Waals surface area contributed by atoms with Crippen LogP contribution in [0.1, 0.15) is 56.0 Å². The average molecular weight is 920 g/mol. The molecule has 0 aliphatic heterocycles. The van der Waals surface area contributed by atoms with E-state index in [1.54, 1.807) is 0 Å². The summed E-state index contributed by atoms with van der Waals surface area (Å²) >= 11 is 0. The van der Waals surface area contributed by atoms with E-state index in [0.717, 1.165) is 22.6 Å². The Hall–Kier alpha value is -9.04. The molecule has 1 unspecified atom stereocenters. The summed E-state index contributed by atoms with van der Waals surface area (Å²) in [5, 5.41) is 9.79. The van der Waals surface area contributed by atoms with Crippen LogP contribution in [0.4, 0.5) is 17.1 Å². The minimum absolute atomic E-state index is 0.0271. The first-order chi connectivity index (χ1) is 35.6. The number of aryl methyl sites for hydroxylation is 2. The van der Waals surface area contributed by atoms with Crippen LogP contribution in [-0.4, -0.2) is 0 Å². The summed E-state index contributed by atoms with van der Waals surface area (Å²) in [5.74, 6) is -0.0271. The van der Waals surface area contributed by atoms with E-state index < -0.39 is 0 Å². The summed E-state index contributed by atoms with van der Waals surface area (Å²) in [4.78, 5) is 2.47. The molecule has 12 rings (SSSR count). The average Bonchev–Trinajstić information content (AvgIpc) is 3.44. The van der Waals surface area contributed by atoms with Gasteiger partial charge in [0.2, 0.25) is 0 Å². The zero-order valence-corrected chi connectivity index (χ0v) is 40.6. The highest BCUT2D eigenvalue weighted by Gasteiger charge is 2.28. The molecule has 0 saturated carbocycles. The molecule has 0 N–H and O–H groups in total. The third-order valence-electron chi connectivity index (χ3n) is 14.3. The van der Waals surface area contributed by atoms with Crippen molar-refractivity contribution in [1.29, 1.82) is 0 Å². The van der Waals surface area contributed by atoms with Crippen molar-refractivity contribution < 1.29 is 0 Å². The van der Waals surface area contributed by atoms with E-state index in [9.17, 15) is 0 Å². The van der Waals surface area contributed by atoms with Gasteiger partial charge in [0.1, 0.15) is 0 Å². The zero-order chi connectivity index (χ0) is 48.4. The van der Waals surface area contributed by atoms with Gasteiger partial charge in [-0.3, -0.25) is 0 Å². The van der Waals surface area contributed by atoms with Gasteiger partial charge in [-0.15, -0.1) is 0 Å². The highest BCUT2D eigenvalue weighted by molar-refractivity contribution is 6.28. The van der Waals surface area contributed by atoms with Crippen LogP contribution in [0.3, 0.4) is 0 Å². The summed E-state index contributed by atoms with van der Waals surface area (Å²) < 4.78 is 0. The van der Waals surface area contributed by atoms with E-state index in [1.807, 2.05) is 0 Å². The first-order valence-electron chi connectivity index (χ1n) is 25.0. The molecular formula is C71H53N. The highest BCUT2D eigenvalue weighted by Crippen LogP contribution is 2.52. The molecule has 12 aromatic carbocycles. The maximum Gasteiger partial charge on any atom is 0.0618 e. The largest absolute Gasteiger partial charge is 0.309 e. The molecule has 0 saturated heterocycles. The van der Waals surface area contributed by atoms with Crippen LogP contribution in [0.25, 0.3) is 78.5 Å². The van der Waals surface area contributed by atoms with E-state index in [1.165, 1.54) is 98.7 Å². The molecule has 0 fully saturated rings. The fourth-order valence-corrected chi connectivity index (χ4v) is 10.8. The molecule has 1 nitrogen and oxygen atoms in total. The van der Waals surface area contributed by atoms with Gasteiger partial charge in [-0.2, -0.15) is 0 Å². The number of benzene rings is 12. The van der Waals surface area contributed by atoms with Gasteiger partial charge in [-0.1, -0.05) is 266 Å². The number of hydrogen-bond donors (Lipinski definition) is 0. The first kappa shape index (κ1) is 44.2. The van der Waals surface area contributed by atoms with Crippen molar-refractivity contribution in [3.8, 4) is 11.1 Å².